The highest BCUT2D eigenvalue weighted by Crippen LogP contribution is 2.22. The lowest BCUT2D eigenvalue weighted by molar-refractivity contribution is 0.0478. The molecule has 3 aromatic rings. The van der Waals surface area contributed by atoms with Gasteiger partial charge in [-0.15, -0.1) is 11.3 Å². The molecule has 3 heterocycles. The van der Waals surface area contributed by atoms with Crippen molar-refractivity contribution in [1.82, 2.24) is 19.7 Å². The summed E-state index contributed by atoms with van der Waals surface area (Å²) < 4.78 is 7.26. The quantitative estimate of drug-likeness (QED) is 0.685. The van der Waals surface area contributed by atoms with Crippen molar-refractivity contribution in [2.75, 3.05) is 0 Å². The van der Waals surface area contributed by atoms with Crippen molar-refractivity contribution < 1.29 is 9.53 Å². The van der Waals surface area contributed by atoms with Crippen LogP contribution in [0, 0.1) is 13.8 Å². The van der Waals surface area contributed by atoms with Crippen LogP contribution in [0.3, 0.4) is 0 Å². The highest BCUT2D eigenvalue weighted by molar-refractivity contribution is 7.09. The first-order chi connectivity index (χ1) is 11.0. The van der Waals surface area contributed by atoms with Crippen LogP contribution in [0.5, 0.6) is 0 Å². The van der Waals surface area contributed by atoms with Crippen molar-refractivity contribution in [2.45, 2.75) is 40.3 Å². The van der Waals surface area contributed by atoms with Crippen molar-refractivity contribution in [1.29, 1.82) is 0 Å². The summed E-state index contributed by atoms with van der Waals surface area (Å²) in [7, 11) is 0. The van der Waals surface area contributed by atoms with Gasteiger partial charge in [-0.3, -0.25) is 0 Å². The maximum atomic E-state index is 12.5. The molecule has 0 amide bonds. The fraction of sp³-hybridized carbons (Fsp3) is 0.375. The number of aromatic nitrogens is 4. The van der Waals surface area contributed by atoms with Crippen molar-refractivity contribution in [3.8, 4) is 0 Å². The molecule has 0 bridgehead atoms. The average Bonchev–Trinajstić information content (AvgIpc) is 3.09. The number of nitrogens with zero attached hydrogens (tertiary/aromatic N) is 4. The third-order valence-electron chi connectivity index (χ3n) is 3.58. The number of ether oxygens (including phenoxy) is 1. The van der Waals surface area contributed by atoms with Gasteiger partial charge in [0.15, 0.2) is 5.65 Å². The Balaban J connectivity index is 1.92. The van der Waals surface area contributed by atoms with Crippen LogP contribution in [-0.2, 0) is 11.3 Å². The van der Waals surface area contributed by atoms with E-state index in [0.29, 0.717) is 11.2 Å². The molecule has 3 aromatic heterocycles. The van der Waals surface area contributed by atoms with Gasteiger partial charge in [-0.25, -0.2) is 19.4 Å². The number of carbonyl (C=O) groups excluding carboxylic acids is 1. The van der Waals surface area contributed by atoms with E-state index in [-0.39, 0.29) is 18.6 Å². The van der Waals surface area contributed by atoms with Crippen LogP contribution >= 0.6 is 11.3 Å². The number of rotatable bonds is 4. The van der Waals surface area contributed by atoms with Crippen LogP contribution in [0.2, 0.25) is 0 Å². The molecule has 3 rings (SSSR count). The van der Waals surface area contributed by atoms with E-state index in [1.165, 1.54) is 11.3 Å². The summed E-state index contributed by atoms with van der Waals surface area (Å²) >= 11 is 1.48. The lowest BCUT2D eigenvalue weighted by atomic mass is 10.1. The highest BCUT2D eigenvalue weighted by Gasteiger charge is 2.18. The van der Waals surface area contributed by atoms with Crippen molar-refractivity contribution in [2.24, 2.45) is 0 Å². The SMILES string of the molecule is Cc1cc(C(=O)OCc2scnc2C)c2cnn(C(C)C)c2n1. The molecule has 0 unspecified atom stereocenters. The van der Waals surface area contributed by atoms with E-state index in [0.717, 1.165) is 21.7 Å². The summed E-state index contributed by atoms with van der Waals surface area (Å²) in [4.78, 5) is 22.1. The maximum absolute atomic E-state index is 12.5. The molecular formula is C16H18N4O2S. The second-order valence-electron chi connectivity index (χ2n) is 5.67. The Hall–Kier alpha value is -2.28. The molecule has 0 aliphatic rings. The molecule has 0 saturated carbocycles. The zero-order chi connectivity index (χ0) is 16.6. The minimum absolute atomic E-state index is 0.172. The van der Waals surface area contributed by atoms with E-state index in [1.807, 2.05) is 32.4 Å². The van der Waals surface area contributed by atoms with Gasteiger partial charge >= 0.3 is 5.97 Å². The number of pyridine rings is 1. The summed E-state index contributed by atoms with van der Waals surface area (Å²) in [6.07, 6.45) is 1.68. The molecule has 0 aliphatic heterocycles. The third kappa shape index (κ3) is 2.96. The number of esters is 1. The van der Waals surface area contributed by atoms with Crippen LogP contribution in [-0.4, -0.2) is 25.7 Å². The van der Waals surface area contributed by atoms with E-state index < -0.39 is 0 Å². The Kier molecular flexibility index (Phi) is 4.12. The lowest BCUT2D eigenvalue weighted by Gasteiger charge is -2.09. The predicted octanol–water partition coefficient (Wildman–Crippen LogP) is 3.44. The predicted molar refractivity (Wildman–Crippen MR) is 88.6 cm³/mol. The highest BCUT2D eigenvalue weighted by atomic mass is 32.1. The molecule has 7 heteroatoms. The molecule has 0 fully saturated rings. The lowest BCUT2D eigenvalue weighted by Crippen LogP contribution is -2.08. The van der Waals surface area contributed by atoms with Gasteiger partial charge in [-0.2, -0.15) is 5.10 Å². The fourth-order valence-electron chi connectivity index (χ4n) is 2.36. The van der Waals surface area contributed by atoms with Crippen LogP contribution in [0.4, 0.5) is 0 Å². The normalized spacial score (nSPS) is 11.3. The van der Waals surface area contributed by atoms with Crippen molar-refractivity contribution in [3.63, 3.8) is 0 Å². The molecule has 23 heavy (non-hydrogen) atoms. The molecule has 0 atom stereocenters. The minimum atomic E-state index is -0.364. The largest absolute Gasteiger partial charge is 0.456 e. The number of aryl methyl sites for hydroxylation is 2. The van der Waals surface area contributed by atoms with Gasteiger partial charge in [-0.1, -0.05) is 0 Å². The minimum Gasteiger partial charge on any atom is -0.456 e. The third-order valence-corrected chi connectivity index (χ3v) is 4.49. The zero-order valence-electron chi connectivity index (χ0n) is 13.5. The summed E-state index contributed by atoms with van der Waals surface area (Å²) in [5.41, 5.74) is 4.62. The first-order valence-corrected chi connectivity index (χ1v) is 8.26. The molecule has 120 valence electrons. The molecular weight excluding hydrogens is 312 g/mol. The second kappa shape index (κ2) is 6.08. The summed E-state index contributed by atoms with van der Waals surface area (Å²) in [6.45, 7) is 8.06. The first-order valence-electron chi connectivity index (χ1n) is 7.38. The van der Waals surface area contributed by atoms with Gasteiger partial charge in [0.25, 0.3) is 0 Å². The number of hydrogen-bond donors (Lipinski definition) is 0. The molecule has 0 aromatic carbocycles. The molecule has 0 radical (unpaired) electrons. The van der Waals surface area contributed by atoms with Crippen LogP contribution in [0.25, 0.3) is 11.0 Å². The van der Waals surface area contributed by atoms with Crippen molar-refractivity contribution >= 4 is 28.3 Å². The Morgan fingerprint density at radius 2 is 2.17 bits per heavy atom. The van der Waals surface area contributed by atoms with Crippen LogP contribution in [0.15, 0.2) is 17.8 Å². The van der Waals surface area contributed by atoms with Gasteiger partial charge in [0.1, 0.15) is 6.61 Å². The summed E-state index contributed by atoms with van der Waals surface area (Å²) in [5, 5.41) is 5.06. The van der Waals surface area contributed by atoms with Crippen molar-refractivity contribution in [3.05, 3.63) is 39.6 Å². The van der Waals surface area contributed by atoms with Crippen LogP contribution < -0.4 is 0 Å². The topological polar surface area (TPSA) is 69.9 Å². The monoisotopic (exact) mass is 330 g/mol. The van der Waals surface area contributed by atoms with E-state index in [1.54, 1.807) is 17.8 Å². The Labute approximate surface area is 138 Å². The van der Waals surface area contributed by atoms with E-state index in [2.05, 4.69) is 15.1 Å². The number of fused-ring (bicyclic) bond motifs is 1. The molecule has 0 N–H and O–H groups in total. The van der Waals surface area contributed by atoms with E-state index in [4.69, 9.17) is 4.74 Å². The molecule has 0 saturated heterocycles. The maximum Gasteiger partial charge on any atom is 0.339 e. The van der Waals surface area contributed by atoms with Gasteiger partial charge in [0.05, 0.1) is 33.2 Å². The number of thiazole rings is 1. The Bertz CT molecular complexity index is 866. The van der Waals surface area contributed by atoms with Crippen LogP contribution in [0.1, 0.15) is 46.5 Å². The Morgan fingerprint density at radius 3 is 2.83 bits per heavy atom. The van der Waals surface area contributed by atoms with Gasteiger partial charge in [0.2, 0.25) is 0 Å². The van der Waals surface area contributed by atoms with E-state index in [9.17, 15) is 4.79 Å². The molecule has 0 aliphatic carbocycles. The van der Waals surface area contributed by atoms with Gasteiger partial charge in [-0.05, 0) is 33.8 Å². The smallest absolute Gasteiger partial charge is 0.339 e. The second-order valence-corrected chi connectivity index (χ2v) is 6.61. The standard InChI is InChI=1S/C16H18N4O2S/c1-9(2)20-15-13(6-18-20)12(5-10(3)19-15)16(21)22-7-14-11(4)17-8-23-14/h5-6,8-9H,7H2,1-4H3. The van der Waals surface area contributed by atoms with Gasteiger partial charge in [0, 0.05) is 11.7 Å². The summed E-state index contributed by atoms with van der Waals surface area (Å²) in [5.74, 6) is -0.364. The molecule has 0 spiro atoms. The number of carbonyl (C=O) groups is 1. The summed E-state index contributed by atoms with van der Waals surface area (Å²) in [6, 6.07) is 1.92. The molecule has 6 nitrogen and oxygen atoms in total. The van der Waals surface area contributed by atoms with E-state index >= 15 is 0 Å². The van der Waals surface area contributed by atoms with Gasteiger partial charge < -0.3 is 4.74 Å². The zero-order valence-corrected chi connectivity index (χ0v) is 14.3. The number of hydrogen-bond acceptors (Lipinski definition) is 6. The average molecular weight is 330 g/mol. The fourth-order valence-corrected chi connectivity index (χ4v) is 3.05. The first kappa shape index (κ1) is 15.6. The Morgan fingerprint density at radius 1 is 1.39 bits per heavy atom.